The van der Waals surface area contributed by atoms with E-state index in [9.17, 15) is 4.79 Å². The van der Waals surface area contributed by atoms with E-state index in [1.807, 2.05) is 16.3 Å². The van der Waals surface area contributed by atoms with Crippen molar-refractivity contribution in [3.05, 3.63) is 52.0 Å². The van der Waals surface area contributed by atoms with Gasteiger partial charge in [-0.2, -0.15) is 0 Å². The molecule has 128 valence electrons. The lowest BCUT2D eigenvalue weighted by Crippen LogP contribution is -2.31. The molecule has 0 spiro atoms. The fourth-order valence-corrected chi connectivity index (χ4v) is 4.09. The Morgan fingerprint density at radius 1 is 1.33 bits per heavy atom. The zero-order valence-corrected chi connectivity index (χ0v) is 15.0. The molecule has 1 aromatic heterocycles. The Labute approximate surface area is 147 Å². The number of nitrogens with zero attached hydrogens (tertiary/aromatic N) is 2. The SMILES string of the molecule is CC1(CCc2ccccc2)CCN(C(=O)c2csc(CCN)n2)C1. The zero-order valence-electron chi connectivity index (χ0n) is 14.2. The van der Waals surface area contributed by atoms with Gasteiger partial charge >= 0.3 is 0 Å². The molecule has 2 heterocycles. The largest absolute Gasteiger partial charge is 0.337 e. The van der Waals surface area contributed by atoms with Crippen LogP contribution in [0.15, 0.2) is 35.7 Å². The fraction of sp³-hybridized carbons (Fsp3) is 0.474. The third-order valence-electron chi connectivity index (χ3n) is 4.83. The number of benzene rings is 1. The van der Waals surface area contributed by atoms with Crippen LogP contribution in [-0.4, -0.2) is 35.4 Å². The number of carbonyl (C=O) groups is 1. The second-order valence-electron chi connectivity index (χ2n) is 6.94. The van der Waals surface area contributed by atoms with Gasteiger partial charge in [0.25, 0.3) is 5.91 Å². The summed E-state index contributed by atoms with van der Waals surface area (Å²) in [7, 11) is 0. The van der Waals surface area contributed by atoms with Crippen LogP contribution in [0.1, 0.15) is 40.8 Å². The van der Waals surface area contributed by atoms with E-state index in [0.717, 1.165) is 43.8 Å². The third-order valence-corrected chi connectivity index (χ3v) is 5.74. The number of amides is 1. The maximum atomic E-state index is 12.7. The van der Waals surface area contributed by atoms with Gasteiger partial charge in [-0.05, 0) is 36.8 Å². The molecule has 0 radical (unpaired) electrons. The van der Waals surface area contributed by atoms with Gasteiger partial charge in [0.1, 0.15) is 5.69 Å². The van der Waals surface area contributed by atoms with Gasteiger partial charge in [-0.25, -0.2) is 4.98 Å². The van der Waals surface area contributed by atoms with Crippen LogP contribution < -0.4 is 5.73 Å². The van der Waals surface area contributed by atoms with Crippen molar-refractivity contribution < 1.29 is 4.79 Å². The van der Waals surface area contributed by atoms with Crippen molar-refractivity contribution in [3.63, 3.8) is 0 Å². The second-order valence-corrected chi connectivity index (χ2v) is 7.88. The highest BCUT2D eigenvalue weighted by Gasteiger charge is 2.36. The Morgan fingerprint density at radius 2 is 2.12 bits per heavy atom. The first-order valence-electron chi connectivity index (χ1n) is 8.57. The average molecular weight is 343 g/mol. The van der Waals surface area contributed by atoms with Gasteiger partial charge in [-0.15, -0.1) is 11.3 Å². The van der Waals surface area contributed by atoms with Gasteiger partial charge in [-0.1, -0.05) is 37.3 Å². The van der Waals surface area contributed by atoms with Gasteiger partial charge < -0.3 is 10.6 Å². The summed E-state index contributed by atoms with van der Waals surface area (Å²) < 4.78 is 0. The van der Waals surface area contributed by atoms with Gasteiger partial charge in [0, 0.05) is 24.9 Å². The fourth-order valence-electron chi connectivity index (χ4n) is 3.30. The number of aromatic nitrogens is 1. The van der Waals surface area contributed by atoms with Crippen molar-refractivity contribution in [1.82, 2.24) is 9.88 Å². The van der Waals surface area contributed by atoms with Crippen molar-refractivity contribution in [2.24, 2.45) is 11.1 Å². The Bertz CT molecular complexity index is 685. The predicted molar refractivity (Wildman–Crippen MR) is 98.3 cm³/mol. The summed E-state index contributed by atoms with van der Waals surface area (Å²) in [5, 5.41) is 2.82. The van der Waals surface area contributed by atoms with E-state index in [4.69, 9.17) is 5.73 Å². The van der Waals surface area contributed by atoms with E-state index in [1.54, 1.807) is 0 Å². The number of rotatable bonds is 6. The van der Waals surface area contributed by atoms with Gasteiger partial charge in [0.2, 0.25) is 0 Å². The molecule has 24 heavy (non-hydrogen) atoms. The van der Waals surface area contributed by atoms with E-state index in [1.165, 1.54) is 16.9 Å². The summed E-state index contributed by atoms with van der Waals surface area (Å²) >= 11 is 1.53. The zero-order chi connectivity index (χ0) is 17.0. The molecule has 2 aromatic rings. The van der Waals surface area contributed by atoms with Crippen LogP contribution in [-0.2, 0) is 12.8 Å². The van der Waals surface area contributed by atoms with Crippen molar-refractivity contribution in [1.29, 1.82) is 0 Å². The maximum Gasteiger partial charge on any atom is 0.273 e. The Kier molecular flexibility index (Phi) is 5.31. The Morgan fingerprint density at radius 3 is 2.88 bits per heavy atom. The van der Waals surface area contributed by atoms with E-state index in [-0.39, 0.29) is 11.3 Å². The molecule has 0 saturated carbocycles. The molecule has 1 fully saturated rings. The summed E-state index contributed by atoms with van der Waals surface area (Å²) in [4.78, 5) is 19.1. The van der Waals surface area contributed by atoms with E-state index < -0.39 is 0 Å². The predicted octanol–water partition coefficient (Wildman–Crippen LogP) is 3.13. The van der Waals surface area contributed by atoms with Crippen molar-refractivity contribution >= 4 is 17.2 Å². The Hall–Kier alpha value is -1.72. The number of likely N-dealkylation sites (tertiary alicyclic amines) is 1. The molecule has 5 heteroatoms. The standard InChI is InChI=1S/C19H25N3OS/c1-19(9-7-15-5-3-2-4-6-15)10-12-22(14-19)18(23)16-13-24-17(21-16)8-11-20/h2-6,13H,7-12,14,20H2,1H3. The van der Waals surface area contributed by atoms with Crippen molar-refractivity contribution in [2.75, 3.05) is 19.6 Å². The summed E-state index contributed by atoms with van der Waals surface area (Å²) in [6, 6.07) is 10.6. The molecule has 1 aliphatic rings. The average Bonchev–Trinajstić information content (AvgIpc) is 3.21. The molecule has 3 rings (SSSR count). The molecule has 4 nitrogen and oxygen atoms in total. The first kappa shape index (κ1) is 17.1. The number of hydrogen-bond acceptors (Lipinski definition) is 4. The minimum absolute atomic E-state index is 0.0676. The first-order valence-corrected chi connectivity index (χ1v) is 9.45. The van der Waals surface area contributed by atoms with Crippen LogP contribution in [0.25, 0.3) is 0 Å². The van der Waals surface area contributed by atoms with E-state index >= 15 is 0 Å². The molecular weight excluding hydrogens is 318 g/mol. The third kappa shape index (κ3) is 4.02. The summed E-state index contributed by atoms with van der Waals surface area (Å²) in [5.74, 6) is 0.0676. The molecule has 1 amide bonds. The molecule has 0 bridgehead atoms. The van der Waals surface area contributed by atoms with Crippen molar-refractivity contribution in [2.45, 2.75) is 32.6 Å². The lowest BCUT2D eigenvalue weighted by molar-refractivity contribution is 0.0768. The minimum Gasteiger partial charge on any atom is -0.337 e. The quantitative estimate of drug-likeness (QED) is 0.876. The lowest BCUT2D eigenvalue weighted by Gasteiger charge is -2.24. The molecule has 2 N–H and O–H groups in total. The van der Waals surface area contributed by atoms with Crippen molar-refractivity contribution in [3.8, 4) is 0 Å². The minimum atomic E-state index is 0.0676. The summed E-state index contributed by atoms with van der Waals surface area (Å²) in [5.41, 5.74) is 7.70. The smallest absolute Gasteiger partial charge is 0.273 e. The molecule has 1 aliphatic heterocycles. The van der Waals surface area contributed by atoms with E-state index in [2.05, 4.69) is 36.2 Å². The molecular formula is C19H25N3OS. The van der Waals surface area contributed by atoms with Gasteiger partial charge in [-0.3, -0.25) is 4.79 Å². The van der Waals surface area contributed by atoms with Gasteiger partial charge in [0.05, 0.1) is 5.01 Å². The van der Waals surface area contributed by atoms with Crippen LogP contribution >= 0.6 is 11.3 Å². The van der Waals surface area contributed by atoms with Gasteiger partial charge in [0.15, 0.2) is 0 Å². The number of nitrogens with two attached hydrogens (primary N) is 1. The maximum absolute atomic E-state index is 12.7. The summed E-state index contributed by atoms with van der Waals surface area (Å²) in [6.07, 6.45) is 3.98. The molecule has 1 aromatic carbocycles. The summed E-state index contributed by atoms with van der Waals surface area (Å²) in [6.45, 7) is 4.52. The molecule has 0 aliphatic carbocycles. The number of aryl methyl sites for hydroxylation is 1. The Balaban J connectivity index is 1.58. The number of thiazole rings is 1. The van der Waals surface area contributed by atoms with Crippen LogP contribution in [0.3, 0.4) is 0 Å². The van der Waals surface area contributed by atoms with Crippen LogP contribution in [0, 0.1) is 5.41 Å². The normalized spacial score (nSPS) is 20.5. The number of carbonyl (C=O) groups excluding carboxylic acids is 1. The van der Waals surface area contributed by atoms with Crippen LogP contribution in [0.5, 0.6) is 0 Å². The lowest BCUT2D eigenvalue weighted by atomic mass is 9.83. The topological polar surface area (TPSA) is 59.2 Å². The highest BCUT2D eigenvalue weighted by atomic mass is 32.1. The monoisotopic (exact) mass is 343 g/mol. The molecule has 1 saturated heterocycles. The highest BCUT2D eigenvalue weighted by molar-refractivity contribution is 7.09. The van der Waals surface area contributed by atoms with Crippen LogP contribution in [0.4, 0.5) is 0 Å². The molecule has 1 unspecified atom stereocenters. The first-order chi connectivity index (χ1) is 11.6. The number of hydrogen-bond donors (Lipinski definition) is 1. The van der Waals surface area contributed by atoms with E-state index in [0.29, 0.717) is 12.2 Å². The highest BCUT2D eigenvalue weighted by Crippen LogP contribution is 2.35. The second kappa shape index (κ2) is 7.45. The molecule has 1 atom stereocenters. The van der Waals surface area contributed by atoms with Crippen LogP contribution in [0.2, 0.25) is 0 Å².